The Morgan fingerprint density at radius 2 is 1.38 bits per heavy atom. The molecule has 0 heterocycles. The van der Waals surface area contributed by atoms with Crippen LogP contribution in [0.3, 0.4) is 0 Å². The molecule has 0 aliphatic carbocycles. The molecule has 0 aliphatic rings. The van der Waals surface area contributed by atoms with Gasteiger partial charge in [-0.1, -0.05) is 12.2 Å². The Hall–Kier alpha value is -0.920. The first kappa shape index (κ1) is 7.08. The van der Waals surface area contributed by atoms with Gasteiger partial charge in [0.15, 0.2) is 0 Å². The van der Waals surface area contributed by atoms with E-state index in [1.165, 1.54) is 0 Å². The first-order chi connectivity index (χ1) is 3.91. The quantitative estimate of drug-likeness (QED) is 0.389. The maximum absolute atomic E-state index is 3.72. The van der Waals surface area contributed by atoms with Crippen LogP contribution in [0, 0.1) is 0 Å². The summed E-state index contributed by atoms with van der Waals surface area (Å²) in [5.41, 5.74) is 0. The van der Waals surface area contributed by atoms with Gasteiger partial charge in [0.1, 0.15) is 0 Å². The van der Waals surface area contributed by atoms with Crippen LogP contribution in [0.25, 0.3) is 0 Å². The van der Waals surface area contributed by atoms with Crippen LogP contribution >= 0.6 is 0 Å². The molecule has 0 saturated heterocycles. The van der Waals surface area contributed by atoms with E-state index in [0.29, 0.717) is 13.1 Å². The molecule has 0 rings (SSSR count). The lowest BCUT2D eigenvalue weighted by atomic mass is 10.6. The minimum atomic E-state index is 0.605. The predicted octanol–water partition coefficient (Wildman–Crippen LogP) is 1.81. The van der Waals surface area contributed by atoms with Gasteiger partial charge in [-0.25, -0.2) is 0 Å². The van der Waals surface area contributed by atoms with Crippen molar-refractivity contribution in [3.05, 3.63) is 25.3 Å². The third-order valence-corrected chi connectivity index (χ3v) is 0.521. The highest BCUT2D eigenvalue weighted by atomic mass is 15.1. The summed E-state index contributed by atoms with van der Waals surface area (Å²) in [4.78, 5) is 0. The molecule has 2 nitrogen and oxygen atoms in total. The molecule has 8 heavy (non-hydrogen) atoms. The molecule has 0 bridgehead atoms. The predicted molar refractivity (Wildman–Crippen MR) is 35.0 cm³/mol. The van der Waals surface area contributed by atoms with E-state index in [0.717, 1.165) is 0 Å². The van der Waals surface area contributed by atoms with Gasteiger partial charge in [0.25, 0.3) is 0 Å². The van der Waals surface area contributed by atoms with Gasteiger partial charge >= 0.3 is 0 Å². The van der Waals surface area contributed by atoms with Crippen molar-refractivity contribution in [3.63, 3.8) is 0 Å². The average Bonchev–Trinajstić information content (AvgIpc) is 1.81. The average molecular weight is 110 g/mol. The first-order valence-electron chi connectivity index (χ1n) is 2.47. The standard InChI is InChI=1S/C6H10N2/c1-3-5-7-8-6-4-2/h3-4H,1-2,5-6H2. The third-order valence-electron chi connectivity index (χ3n) is 0.521. The topological polar surface area (TPSA) is 24.7 Å². The van der Waals surface area contributed by atoms with Gasteiger partial charge in [-0.15, -0.1) is 13.2 Å². The van der Waals surface area contributed by atoms with Crippen LogP contribution in [-0.4, -0.2) is 13.1 Å². The molecule has 0 fully saturated rings. The summed E-state index contributed by atoms with van der Waals surface area (Å²) in [7, 11) is 0. The normalized spacial score (nSPS) is 9.50. The molecule has 0 amide bonds. The van der Waals surface area contributed by atoms with Crippen molar-refractivity contribution >= 4 is 0 Å². The second-order valence-corrected chi connectivity index (χ2v) is 1.23. The van der Waals surface area contributed by atoms with E-state index in [2.05, 4.69) is 23.4 Å². The van der Waals surface area contributed by atoms with Gasteiger partial charge in [-0.2, -0.15) is 10.2 Å². The summed E-state index contributed by atoms with van der Waals surface area (Å²) in [6.07, 6.45) is 3.40. The second-order valence-electron chi connectivity index (χ2n) is 1.23. The summed E-state index contributed by atoms with van der Waals surface area (Å²) in [5, 5.41) is 7.43. The summed E-state index contributed by atoms with van der Waals surface area (Å²) in [5.74, 6) is 0. The van der Waals surface area contributed by atoms with E-state index in [-0.39, 0.29) is 0 Å². The fourth-order valence-corrected chi connectivity index (χ4v) is 0.231. The maximum atomic E-state index is 3.72. The van der Waals surface area contributed by atoms with Crippen molar-refractivity contribution in [2.24, 2.45) is 10.2 Å². The fraction of sp³-hybridized carbons (Fsp3) is 0.333. The molecule has 0 N–H and O–H groups in total. The molecule has 0 atom stereocenters. The van der Waals surface area contributed by atoms with Crippen LogP contribution < -0.4 is 0 Å². The number of hydrogen-bond acceptors (Lipinski definition) is 2. The molecule has 2 heteroatoms. The molecule has 0 aromatic heterocycles. The number of nitrogens with zero attached hydrogens (tertiary/aromatic N) is 2. The Morgan fingerprint density at radius 3 is 1.62 bits per heavy atom. The SMILES string of the molecule is C=CCN=NCC=C. The second kappa shape index (κ2) is 6.08. The molecule has 0 aromatic rings. The van der Waals surface area contributed by atoms with Crippen LogP contribution in [0.5, 0.6) is 0 Å². The van der Waals surface area contributed by atoms with E-state index < -0.39 is 0 Å². The number of azo groups is 1. The van der Waals surface area contributed by atoms with Crippen molar-refractivity contribution in [2.45, 2.75) is 0 Å². The lowest BCUT2D eigenvalue weighted by Crippen LogP contribution is -1.69. The van der Waals surface area contributed by atoms with E-state index in [1.54, 1.807) is 12.2 Å². The fourth-order valence-electron chi connectivity index (χ4n) is 0.231. The van der Waals surface area contributed by atoms with Gasteiger partial charge < -0.3 is 0 Å². The molecule has 0 aliphatic heterocycles. The van der Waals surface area contributed by atoms with Crippen molar-refractivity contribution in [1.29, 1.82) is 0 Å². The van der Waals surface area contributed by atoms with Crippen LogP contribution in [0.15, 0.2) is 35.5 Å². The molecular formula is C6H10N2. The van der Waals surface area contributed by atoms with Crippen LogP contribution in [0.2, 0.25) is 0 Å². The van der Waals surface area contributed by atoms with E-state index in [1.807, 2.05) is 0 Å². The minimum Gasteiger partial charge on any atom is -0.190 e. The van der Waals surface area contributed by atoms with Crippen molar-refractivity contribution in [2.75, 3.05) is 13.1 Å². The Labute approximate surface area is 49.6 Å². The summed E-state index contributed by atoms with van der Waals surface area (Å²) in [6, 6.07) is 0. The highest BCUT2D eigenvalue weighted by Crippen LogP contribution is 1.75. The molecule has 0 unspecified atom stereocenters. The van der Waals surface area contributed by atoms with Crippen molar-refractivity contribution in [3.8, 4) is 0 Å². The number of hydrogen-bond donors (Lipinski definition) is 0. The highest BCUT2D eigenvalue weighted by Gasteiger charge is 1.66. The third kappa shape index (κ3) is 5.08. The Bertz CT molecular complexity index is 82.7. The van der Waals surface area contributed by atoms with Crippen LogP contribution in [-0.2, 0) is 0 Å². The van der Waals surface area contributed by atoms with Gasteiger partial charge in [0, 0.05) is 0 Å². The van der Waals surface area contributed by atoms with E-state index in [4.69, 9.17) is 0 Å². The zero-order valence-corrected chi connectivity index (χ0v) is 4.88. The Morgan fingerprint density at radius 1 is 1.00 bits per heavy atom. The molecule has 0 saturated carbocycles. The van der Waals surface area contributed by atoms with E-state index >= 15 is 0 Å². The molecule has 0 radical (unpaired) electrons. The van der Waals surface area contributed by atoms with Crippen molar-refractivity contribution in [1.82, 2.24) is 0 Å². The number of rotatable bonds is 4. The van der Waals surface area contributed by atoms with E-state index in [9.17, 15) is 0 Å². The first-order valence-corrected chi connectivity index (χ1v) is 2.47. The van der Waals surface area contributed by atoms with Gasteiger partial charge in [0.05, 0.1) is 13.1 Å². The highest BCUT2D eigenvalue weighted by molar-refractivity contribution is 4.70. The lowest BCUT2D eigenvalue weighted by molar-refractivity contribution is 0.979. The Kier molecular flexibility index (Phi) is 5.38. The summed E-state index contributed by atoms with van der Waals surface area (Å²) < 4.78 is 0. The van der Waals surface area contributed by atoms with Crippen molar-refractivity contribution < 1.29 is 0 Å². The minimum absolute atomic E-state index is 0.605. The zero-order valence-electron chi connectivity index (χ0n) is 4.88. The maximum Gasteiger partial charge on any atom is 0.0777 e. The Balaban J connectivity index is 3.06. The summed E-state index contributed by atoms with van der Waals surface area (Å²) in [6.45, 7) is 8.17. The van der Waals surface area contributed by atoms with Gasteiger partial charge in [-0.05, 0) is 0 Å². The molecular weight excluding hydrogens is 100 g/mol. The monoisotopic (exact) mass is 110 g/mol. The van der Waals surface area contributed by atoms with Gasteiger partial charge in [-0.3, -0.25) is 0 Å². The van der Waals surface area contributed by atoms with Gasteiger partial charge in [0.2, 0.25) is 0 Å². The summed E-state index contributed by atoms with van der Waals surface area (Å²) >= 11 is 0. The lowest BCUT2D eigenvalue weighted by Gasteiger charge is -1.77. The zero-order chi connectivity index (χ0) is 6.24. The van der Waals surface area contributed by atoms with Crippen LogP contribution in [0.1, 0.15) is 0 Å². The largest absolute Gasteiger partial charge is 0.190 e. The molecule has 44 valence electrons. The smallest absolute Gasteiger partial charge is 0.0777 e. The molecule has 0 spiro atoms. The van der Waals surface area contributed by atoms with Crippen LogP contribution in [0.4, 0.5) is 0 Å². The molecule has 0 aromatic carbocycles.